The summed E-state index contributed by atoms with van der Waals surface area (Å²) in [7, 11) is 0. The first-order valence-corrected chi connectivity index (χ1v) is 8.81. The van der Waals surface area contributed by atoms with Gasteiger partial charge in [-0.1, -0.05) is 17.7 Å². The SMILES string of the molecule is CCNC(=NCc1ccccn1)NCCc1c[nH]c2ccc(Cl)cc12. The third kappa shape index (κ3) is 4.73. The Bertz CT molecular complexity index is 841. The lowest BCUT2D eigenvalue weighted by Crippen LogP contribution is -2.38. The number of halogens is 1. The molecule has 0 radical (unpaired) electrons. The van der Waals surface area contributed by atoms with Crippen LogP contribution in [-0.2, 0) is 13.0 Å². The molecule has 0 atom stereocenters. The van der Waals surface area contributed by atoms with Gasteiger partial charge in [-0.3, -0.25) is 4.98 Å². The van der Waals surface area contributed by atoms with Crippen LogP contribution in [0.2, 0.25) is 5.02 Å². The van der Waals surface area contributed by atoms with E-state index < -0.39 is 0 Å². The van der Waals surface area contributed by atoms with E-state index in [4.69, 9.17) is 11.6 Å². The summed E-state index contributed by atoms with van der Waals surface area (Å²) in [6, 6.07) is 11.8. The Morgan fingerprint density at radius 1 is 1.24 bits per heavy atom. The van der Waals surface area contributed by atoms with Crippen molar-refractivity contribution in [3.8, 4) is 0 Å². The first kappa shape index (κ1) is 17.3. The minimum absolute atomic E-state index is 0.554. The van der Waals surface area contributed by atoms with E-state index in [1.54, 1.807) is 6.20 Å². The minimum Gasteiger partial charge on any atom is -0.361 e. The Morgan fingerprint density at radius 3 is 2.96 bits per heavy atom. The normalized spacial score (nSPS) is 11.7. The van der Waals surface area contributed by atoms with Crippen LogP contribution < -0.4 is 10.6 Å². The standard InChI is InChI=1S/C19H22ClN5/c1-2-21-19(25-13-16-5-3-4-9-22-16)23-10-8-14-12-24-18-7-6-15(20)11-17(14)18/h3-7,9,11-12,24H,2,8,10,13H2,1H3,(H2,21,23,25). The number of rotatable bonds is 6. The molecule has 6 heteroatoms. The summed E-state index contributed by atoms with van der Waals surface area (Å²) < 4.78 is 0. The van der Waals surface area contributed by atoms with E-state index in [2.05, 4.69) is 32.5 Å². The molecule has 0 amide bonds. The highest BCUT2D eigenvalue weighted by molar-refractivity contribution is 6.31. The lowest BCUT2D eigenvalue weighted by molar-refractivity contribution is 0.798. The summed E-state index contributed by atoms with van der Waals surface area (Å²) in [5.41, 5.74) is 3.30. The van der Waals surface area contributed by atoms with Crippen LogP contribution >= 0.6 is 11.6 Å². The Hall–Kier alpha value is -2.53. The van der Waals surface area contributed by atoms with Crippen LogP contribution in [0.1, 0.15) is 18.2 Å². The van der Waals surface area contributed by atoms with Gasteiger partial charge in [0.15, 0.2) is 5.96 Å². The van der Waals surface area contributed by atoms with Gasteiger partial charge in [0.1, 0.15) is 0 Å². The molecule has 0 aliphatic heterocycles. The van der Waals surface area contributed by atoms with Crippen molar-refractivity contribution in [1.29, 1.82) is 0 Å². The van der Waals surface area contributed by atoms with Crippen molar-refractivity contribution in [1.82, 2.24) is 20.6 Å². The zero-order valence-electron chi connectivity index (χ0n) is 14.2. The molecule has 3 aromatic rings. The lowest BCUT2D eigenvalue weighted by atomic mass is 10.1. The Kier molecular flexibility index (Phi) is 5.90. The highest BCUT2D eigenvalue weighted by Gasteiger charge is 2.05. The van der Waals surface area contributed by atoms with Crippen LogP contribution in [0.3, 0.4) is 0 Å². The van der Waals surface area contributed by atoms with E-state index in [1.807, 2.05) is 42.6 Å². The van der Waals surface area contributed by atoms with Gasteiger partial charge in [-0.25, -0.2) is 4.99 Å². The average Bonchev–Trinajstić information content (AvgIpc) is 3.03. The number of benzene rings is 1. The maximum absolute atomic E-state index is 6.11. The van der Waals surface area contributed by atoms with Crippen LogP contribution in [0.25, 0.3) is 10.9 Å². The molecule has 0 aliphatic carbocycles. The molecule has 2 aromatic heterocycles. The monoisotopic (exact) mass is 355 g/mol. The fraction of sp³-hybridized carbons (Fsp3) is 0.263. The van der Waals surface area contributed by atoms with Gasteiger partial charge < -0.3 is 15.6 Å². The zero-order valence-corrected chi connectivity index (χ0v) is 15.0. The minimum atomic E-state index is 0.554. The average molecular weight is 356 g/mol. The number of H-pyrrole nitrogens is 1. The van der Waals surface area contributed by atoms with Gasteiger partial charge in [0.25, 0.3) is 0 Å². The van der Waals surface area contributed by atoms with Crippen LogP contribution in [0.15, 0.2) is 53.8 Å². The van der Waals surface area contributed by atoms with Crippen molar-refractivity contribution < 1.29 is 0 Å². The summed E-state index contributed by atoms with van der Waals surface area (Å²) in [5.74, 6) is 0.797. The second-order valence-electron chi connectivity index (χ2n) is 5.70. The number of hydrogen-bond acceptors (Lipinski definition) is 2. The number of nitrogens with one attached hydrogen (secondary N) is 3. The molecule has 0 saturated heterocycles. The first-order valence-electron chi connectivity index (χ1n) is 8.44. The molecule has 1 aromatic carbocycles. The molecule has 0 unspecified atom stereocenters. The molecule has 2 heterocycles. The number of aromatic amines is 1. The van der Waals surface area contributed by atoms with Crippen LogP contribution in [-0.4, -0.2) is 29.0 Å². The van der Waals surface area contributed by atoms with Gasteiger partial charge >= 0.3 is 0 Å². The quantitative estimate of drug-likeness (QED) is 0.468. The number of aromatic nitrogens is 2. The molecule has 130 valence electrons. The third-order valence-electron chi connectivity index (χ3n) is 3.89. The molecule has 0 bridgehead atoms. The first-order chi connectivity index (χ1) is 12.3. The number of hydrogen-bond donors (Lipinski definition) is 3. The Labute approximate surface area is 152 Å². The number of aliphatic imine (C=N–C) groups is 1. The summed E-state index contributed by atoms with van der Waals surface area (Å²) in [4.78, 5) is 12.2. The summed E-state index contributed by atoms with van der Waals surface area (Å²) >= 11 is 6.11. The maximum Gasteiger partial charge on any atom is 0.191 e. The van der Waals surface area contributed by atoms with Gasteiger partial charge in [-0.2, -0.15) is 0 Å². The molecule has 25 heavy (non-hydrogen) atoms. The van der Waals surface area contributed by atoms with Crippen LogP contribution in [0, 0.1) is 0 Å². The van der Waals surface area contributed by atoms with Gasteiger partial charge in [-0.05, 0) is 49.2 Å². The molecule has 3 rings (SSSR count). The highest BCUT2D eigenvalue weighted by atomic mass is 35.5. The Morgan fingerprint density at radius 2 is 2.16 bits per heavy atom. The second-order valence-corrected chi connectivity index (χ2v) is 6.13. The van der Waals surface area contributed by atoms with Crippen molar-refractivity contribution >= 4 is 28.5 Å². The number of fused-ring (bicyclic) bond motifs is 1. The van der Waals surface area contributed by atoms with E-state index in [-0.39, 0.29) is 0 Å². The fourth-order valence-corrected chi connectivity index (χ4v) is 2.84. The van der Waals surface area contributed by atoms with E-state index in [0.29, 0.717) is 6.54 Å². The molecule has 0 spiro atoms. The van der Waals surface area contributed by atoms with E-state index in [1.165, 1.54) is 10.9 Å². The summed E-state index contributed by atoms with van der Waals surface area (Å²) in [6.07, 6.45) is 4.71. The number of pyridine rings is 1. The number of nitrogens with zero attached hydrogens (tertiary/aromatic N) is 2. The smallest absolute Gasteiger partial charge is 0.191 e. The summed E-state index contributed by atoms with van der Waals surface area (Å²) in [5, 5.41) is 8.56. The fourth-order valence-electron chi connectivity index (χ4n) is 2.67. The molecular weight excluding hydrogens is 334 g/mol. The zero-order chi connectivity index (χ0) is 17.5. The van der Waals surface area contributed by atoms with E-state index in [0.717, 1.165) is 41.7 Å². The van der Waals surface area contributed by atoms with Crippen molar-refractivity contribution in [3.05, 3.63) is 65.1 Å². The predicted octanol–water partition coefficient (Wildman–Crippen LogP) is 3.51. The van der Waals surface area contributed by atoms with Crippen molar-refractivity contribution in [2.24, 2.45) is 4.99 Å². The lowest BCUT2D eigenvalue weighted by Gasteiger charge is -2.11. The van der Waals surface area contributed by atoms with Gasteiger partial charge in [-0.15, -0.1) is 0 Å². The molecular formula is C19H22ClN5. The molecule has 3 N–H and O–H groups in total. The van der Waals surface area contributed by atoms with Crippen molar-refractivity contribution in [2.45, 2.75) is 19.9 Å². The molecule has 0 fully saturated rings. The van der Waals surface area contributed by atoms with Crippen LogP contribution in [0.4, 0.5) is 0 Å². The predicted molar refractivity (Wildman–Crippen MR) is 104 cm³/mol. The van der Waals surface area contributed by atoms with Gasteiger partial charge in [0.05, 0.1) is 12.2 Å². The van der Waals surface area contributed by atoms with Gasteiger partial charge in [0.2, 0.25) is 0 Å². The largest absolute Gasteiger partial charge is 0.361 e. The molecule has 0 aliphatic rings. The Balaban J connectivity index is 1.60. The third-order valence-corrected chi connectivity index (χ3v) is 4.12. The van der Waals surface area contributed by atoms with Gasteiger partial charge in [0, 0.05) is 41.4 Å². The molecule has 0 saturated carbocycles. The highest BCUT2D eigenvalue weighted by Crippen LogP contribution is 2.22. The topological polar surface area (TPSA) is 65.1 Å². The van der Waals surface area contributed by atoms with E-state index >= 15 is 0 Å². The maximum atomic E-state index is 6.11. The second kappa shape index (κ2) is 8.53. The van der Waals surface area contributed by atoms with Crippen LogP contribution in [0.5, 0.6) is 0 Å². The summed E-state index contributed by atoms with van der Waals surface area (Å²) in [6.45, 7) is 4.21. The van der Waals surface area contributed by atoms with E-state index in [9.17, 15) is 0 Å². The number of guanidine groups is 1. The molecule has 5 nitrogen and oxygen atoms in total. The van der Waals surface area contributed by atoms with Crippen molar-refractivity contribution in [3.63, 3.8) is 0 Å². The van der Waals surface area contributed by atoms with Crippen molar-refractivity contribution in [2.75, 3.05) is 13.1 Å².